The Kier molecular flexibility index (Phi) is 3.48. The molecule has 0 radical (unpaired) electrons. The highest BCUT2D eigenvalue weighted by molar-refractivity contribution is 5.12. The van der Waals surface area contributed by atoms with Crippen molar-refractivity contribution in [2.45, 2.75) is 45.6 Å². The van der Waals surface area contributed by atoms with E-state index >= 15 is 0 Å². The average Bonchev–Trinajstić information content (AvgIpc) is 2.29. The van der Waals surface area contributed by atoms with E-state index in [0.29, 0.717) is 11.8 Å². The SMILES string of the molecule is CC1CCC(C(C)C)C(O)(c2cnccn2)C1. The van der Waals surface area contributed by atoms with Crippen molar-refractivity contribution in [3.63, 3.8) is 0 Å². The van der Waals surface area contributed by atoms with Gasteiger partial charge in [-0.15, -0.1) is 0 Å². The molecule has 1 aromatic rings. The summed E-state index contributed by atoms with van der Waals surface area (Å²) in [6.07, 6.45) is 8.12. The molecule has 0 aliphatic heterocycles. The maximum atomic E-state index is 11.0. The molecule has 3 heteroatoms. The van der Waals surface area contributed by atoms with Crippen LogP contribution in [0.4, 0.5) is 0 Å². The summed E-state index contributed by atoms with van der Waals surface area (Å²) in [6, 6.07) is 0. The fourth-order valence-corrected chi connectivity index (χ4v) is 3.19. The number of rotatable bonds is 2. The van der Waals surface area contributed by atoms with Crippen LogP contribution >= 0.6 is 0 Å². The number of hydrogen-bond donors (Lipinski definition) is 1. The lowest BCUT2D eigenvalue weighted by atomic mass is 9.66. The van der Waals surface area contributed by atoms with Crippen molar-refractivity contribution in [1.82, 2.24) is 9.97 Å². The van der Waals surface area contributed by atoms with Gasteiger partial charge in [0.05, 0.1) is 11.9 Å². The highest BCUT2D eigenvalue weighted by Gasteiger charge is 2.45. The van der Waals surface area contributed by atoms with Crippen molar-refractivity contribution in [1.29, 1.82) is 0 Å². The van der Waals surface area contributed by atoms with Crippen LogP contribution in [0.5, 0.6) is 0 Å². The van der Waals surface area contributed by atoms with E-state index in [1.807, 2.05) is 0 Å². The van der Waals surface area contributed by atoms with Crippen LogP contribution in [0.2, 0.25) is 0 Å². The number of hydrogen-bond acceptors (Lipinski definition) is 3. The van der Waals surface area contributed by atoms with Crippen LogP contribution in [0, 0.1) is 17.8 Å². The quantitative estimate of drug-likeness (QED) is 0.856. The van der Waals surface area contributed by atoms with Crippen LogP contribution in [0.25, 0.3) is 0 Å². The van der Waals surface area contributed by atoms with Gasteiger partial charge in [-0.1, -0.05) is 27.2 Å². The van der Waals surface area contributed by atoms with Crippen molar-refractivity contribution in [3.8, 4) is 0 Å². The maximum absolute atomic E-state index is 11.0. The Bertz CT molecular complexity index is 366. The van der Waals surface area contributed by atoms with Crippen molar-refractivity contribution in [2.75, 3.05) is 0 Å². The third kappa shape index (κ3) is 2.34. The fourth-order valence-electron chi connectivity index (χ4n) is 3.19. The molecule has 1 N–H and O–H groups in total. The molecule has 0 spiro atoms. The summed E-state index contributed by atoms with van der Waals surface area (Å²) >= 11 is 0. The number of nitrogens with zero attached hydrogens (tertiary/aromatic N) is 2. The lowest BCUT2D eigenvalue weighted by molar-refractivity contribution is -0.0899. The maximum Gasteiger partial charge on any atom is 0.111 e. The number of aliphatic hydroxyl groups is 1. The predicted molar refractivity (Wildman–Crippen MR) is 67.3 cm³/mol. The van der Waals surface area contributed by atoms with Gasteiger partial charge in [-0.25, -0.2) is 0 Å². The Labute approximate surface area is 103 Å². The van der Waals surface area contributed by atoms with E-state index < -0.39 is 5.60 Å². The minimum absolute atomic E-state index is 0.287. The first-order valence-corrected chi connectivity index (χ1v) is 6.53. The molecular weight excluding hydrogens is 212 g/mol. The van der Waals surface area contributed by atoms with Gasteiger partial charge in [0.2, 0.25) is 0 Å². The Morgan fingerprint density at radius 3 is 2.71 bits per heavy atom. The Morgan fingerprint density at radius 1 is 1.35 bits per heavy atom. The standard InChI is InChI=1S/C14H22N2O/c1-10(2)12-5-4-11(3)8-14(12,17)13-9-15-6-7-16-13/h6-7,9-12,17H,4-5,8H2,1-3H3. The van der Waals surface area contributed by atoms with Gasteiger partial charge in [-0.2, -0.15) is 0 Å². The molecule has 2 rings (SSSR count). The van der Waals surface area contributed by atoms with E-state index in [4.69, 9.17) is 0 Å². The van der Waals surface area contributed by atoms with E-state index in [1.54, 1.807) is 18.6 Å². The van der Waals surface area contributed by atoms with Crippen LogP contribution in [0.3, 0.4) is 0 Å². The monoisotopic (exact) mass is 234 g/mol. The van der Waals surface area contributed by atoms with Crippen molar-refractivity contribution >= 4 is 0 Å². The first-order chi connectivity index (χ1) is 8.04. The van der Waals surface area contributed by atoms with E-state index in [9.17, 15) is 5.11 Å². The Balaban J connectivity index is 2.36. The molecule has 3 atom stereocenters. The first kappa shape index (κ1) is 12.5. The summed E-state index contributed by atoms with van der Waals surface area (Å²) in [5.41, 5.74) is -0.0506. The van der Waals surface area contributed by atoms with Crippen molar-refractivity contribution in [3.05, 3.63) is 24.3 Å². The third-order valence-corrected chi connectivity index (χ3v) is 4.06. The predicted octanol–water partition coefficient (Wildman–Crippen LogP) is 2.76. The van der Waals surface area contributed by atoms with Gasteiger partial charge in [-0.05, 0) is 30.6 Å². The van der Waals surface area contributed by atoms with Gasteiger partial charge in [0.1, 0.15) is 5.60 Å². The highest BCUT2D eigenvalue weighted by Crippen LogP contribution is 2.46. The average molecular weight is 234 g/mol. The van der Waals surface area contributed by atoms with Gasteiger partial charge >= 0.3 is 0 Å². The van der Waals surface area contributed by atoms with Crippen LogP contribution < -0.4 is 0 Å². The first-order valence-electron chi connectivity index (χ1n) is 6.53. The molecule has 0 saturated heterocycles. The molecule has 3 nitrogen and oxygen atoms in total. The zero-order chi connectivity index (χ0) is 12.5. The minimum atomic E-state index is -0.792. The molecule has 1 saturated carbocycles. The molecule has 1 heterocycles. The second kappa shape index (κ2) is 4.73. The molecule has 1 aromatic heterocycles. The molecule has 1 aliphatic rings. The summed E-state index contributed by atoms with van der Waals surface area (Å²) in [6.45, 7) is 6.57. The largest absolute Gasteiger partial charge is 0.383 e. The van der Waals surface area contributed by atoms with E-state index in [2.05, 4.69) is 30.7 Å². The van der Waals surface area contributed by atoms with Gasteiger partial charge in [0.15, 0.2) is 0 Å². The number of aromatic nitrogens is 2. The Morgan fingerprint density at radius 2 is 2.12 bits per heavy atom. The zero-order valence-electron chi connectivity index (χ0n) is 10.9. The van der Waals surface area contributed by atoms with Crippen molar-refractivity contribution in [2.24, 2.45) is 17.8 Å². The van der Waals surface area contributed by atoms with Crippen LogP contribution in [0.15, 0.2) is 18.6 Å². The molecule has 1 aliphatic carbocycles. The van der Waals surface area contributed by atoms with Gasteiger partial charge in [0, 0.05) is 12.4 Å². The summed E-state index contributed by atoms with van der Waals surface area (Å²) in [5, 5.41) is 11.0. The molecule has 0 bridgehead atoms. The van der Waals surface area contributed by atoms with Gasteiger partial charge in [-0.3, -0.25) is 9.97 Å². The molecule has 17 heavy (non-hydrogen) atoms. The zero-order valence-corrected chi connectivity index (χ0v) is 10.9. The lowest BCUT2D eigenvalue weighted by Crippen LogP contribution is -2.43. The molecule has 3 unspecified atom stereocenters. The van der Waals surface area contributed by atoms with E-state index in [1.165, 1.54) is 6.42 Å². The smallest absolute Gasteiger partial charge is 0.111 e. The second-order valence-electron chi connectivity index (χ2n) is 5.75. The van der Waals surface area contributed by atoms with Gasteiger partial charge < -0.3 is 5.11 Å². The van der Waals surface area contributed by atoms with Crippen molar-refractivity contribution < 1.29 is 5.11 Å². The molecular formula is C14H22N2O. The highest BCUT2D eigenvalue weighted by atomic mass is 16.3. The molecule has 1 fully saturated rings. The van der Waals surface area contributed by atoms with Crippen LogP contribution in [-0.4, -0.2) is 15.1 Å². The molecule has 0 amide bonds. The van der Waals surface area contributed by atoms with E-state index in [-0.39, 0.29) is 5.92 Å². The van der Waals surface area contributed by atoms with Crippen LogP contribution in [-0.2, 0) is 5.60 Å². The van der Waals surface area contributed by atoms with E-state index in [0.717, 1.165) is 18.5 Å². The lowest BCUT2D eigenvalue weighted by Gasteiger charge is -2.44. The molecule has 0 aromatic carbocycles. The summed E-state index contributed by atoms with van der Waals surface area (Å²) in [5.74, 6) is 1.31. The molecule has 94 valence electrons. The third-order valence-electron chi connectivity index (χ3n) is 4.06. The summed E-state index contributed by atoms with van der Waals surface area (Å²) in [7, 11) is 0. The van der Waals surface area contributed by atoms with Crippen LogP contribution in [0.1, 0.15) is 45.7 Å². The minimum Gasteiger partial charge on any atom is -0.383 e. The summed E-state index contributed by atoms with van der Waals surface area (Å²) in [4.78, 5) is 8.43. The fraction of sp³-hybridized carbons (Fsp3) is 0.714. The normalized spacial score (nSPS) is 33.9. The second-order valence-corrected chi connectivity index (χ2v) is 5.75. The van der Waals surface area contributed by atoms with Gasteiger partial charge in [0.25, 0.3) is 0 Å². The Hall–Kier alpha value is -0.960. The summed E-state index contributed by atoms with van der Waals surface area (Å²) < 4.78 is 0. The topological polar surface area (TPSA) is 46.0 Å².